The first-order valence-electron chi connectivity index (χ1n) is 5.03. The van der Waals surface area contributed by atoms with Crippen LogP contribution in [-0.2, 0) is 4.79 Å². The molecule has 70 valence electrons. The van der Waals surface area contributed by atoms with Gasteiger partial charge in [-0.2, -0.15) is 0 Å². The van der Waals surface area contributed by atoms with Crippen molar-refractivity contribution in [1.82, 2.24) is 0 Å². The van der Waals surface area contributed by atoms with Crippen LogP contribution in [0.3, 0.4) is 0 Å². The Morgan fingerprint density at radius 1 is 1.33 bits per heavy atom. The highest BCUT2D eigenvalue weighted by atomic mass is 16.1. The number of nitrogens with two attached hydrogens (primary N) is 1. The van der Waals surface area contributed by atoms with Crippen LogP contribution in [-0.4, -0.2) is 5.91 Å². The molecule has 0 aromatic rings. The molecule has 0 unspecified atom stereocenters. The highest BCUT2D eigenvalue weighted by molar-refractivity contribution is 5.76. The Hall–Kier alpha value is -0.530. The maximum absolute atomic E-state index is 10.8. The van der Waals surface area contributed by atoms with Crippen molar-refractivity contribution in [3.8, 4) is 0 Å². The quantitative estimate of drug-likeness (QED) is 0.690. The van der Waals surface area contributed by atoms with Crippen LogP contribution in [0, 0.1) is 11.8 Å². The molecule has 1 aliphatic rings. The van der Waals surface area contributed by atoms with Gasteiger partial charge >= 0.3 is 0 Å². The van der Waals surface area contributed by atoms with E-state index in [0.717, 1.165) is 18.8 Å². The minimum Gasteiger partial charge on any atom is -0.369 e. The monoisotopic (exact) mass is 169 g/mol. The summed E-state index contributed by atoms with van der Waals surface area (Å²) in [4.78, 5) is 10.8. The summed E-state index contributed by atoms with van der Waals surface area (Å²) in [7, 11) is 0. The molecule has 0 aromatic heterocycles. The van der Waals surface area contributed by atoms with E-state index in [1.54, 1.807) is 0 Å². The number of hydrogen-bond donors (Lipinski definition) is 1. The zero-order valence-corrected chi connectivity index (χ0v) is 7.88. The van der Waals surface area contributed by atoms with E-state index in [0.29, 0.717) is 0 Å². The van der Waals surface area contributed by atoms with E-state index in [9.17, 15) is 4.79 Å². The SMILES string of the molecule is CCC[C@H]1CC[C@H](C(N)=O)CC1. The van der Waals surface area contributed by atoms with E-state index >= 15 is 0 Å². The smallest absolute Gasteiger partial charge is 0.220 e. The standard InChI is InChI=1S/C10H19NO/c1-2-3-8-4-6-9(7-5-8)10(11)12/h8-9H,2-7H2,1H3,(H2,11,12)/t8-,9-. The first-order chi connectivity index (χ1) is 5.74. The highest BCUT2D eigenvalue weighted by Crippen LogP contribution is 2.30. The Morgan fingerprint density at radius 3 is 2.33 bits per heavy atom. The van der Waals surface area contributed by atoms with Gasteiger partial charge in [0.05, 0.1) is 0 Å². The molecular formula is C10H19NO. The molecule has 0 spiro atoms. The number of carbonyl (C=O) groups excluding carboxylic acids is 1. The van der Waals surface area contributed by atoms with Gasteiger partial charge in [0.2, 0.25) is 5.91 Å². The Balaban J connectivity index is 2.25. The fraction of sp³-hybridized carbons (Fsp3) is 0.900. The molecule has 2 nitrogen and oxygen atoms in total. The predicted molar refractivity (Wildman–Crippen MR) is 49.6 cm³/mol. The van der Waals surface area contributed by atoms with Crippen molar-refractivity contribution in [2.45, 2.75) is 45.4 Å². The summed E-state index contributed by atoms with van der Waals surface area (Å²) in [5.41, 5.74) is 5.25. The zero-order valence-electron chi connectivity index (χ0n) is 7.88. The fourth-order valence-corrected chi connectivity index (χ4v) is 2.14. The molecule has 2 heteroatoms. The van der Waals surface area contributed by atoms with Crippen LogP contribution in [0.5, 0.6) is 0 Å². The maximum atomic E-state index is 10.8. The van der Waals surface area contributed by atoms with Gasteiger partial charge in [0.15, 0.2) is 0 Å². The van der Waals surface area contributed by atoms with Gasteiger partial charge in [0.1, 0.15) is 0 Å². The second kappa shape index (κ2) is 4.48. The summed E-state index contributed by atoms with van der Waals surface area (Å²) in [6.45, 7) is 2.22. The summed E-state index contributed by atoms with van der Waals surface area (Å²) >= 11 is 0. The van der Waals surface area contributed by atoms with Crippen molar-refractivity contribution in [2.75, 3.05) is 0 Å². The van der Waals surface area contributed by atoms with Gasteiger partial charge < -0.3 is 5.73 Å². The molecule has 0 radical (unpaired) electrons. The molecule has 0 saturated heterocycles. The molecule has 0 aromatic carbocycles. The maximum Gasteiger partial charge on any atom is 0.220 e. The minimum absolute atomic E-state index is 0.0926. The van der Waals surface area contributed by atoms with Crippen LogP contribution in [0.15, 0.2) is 0 Å². The van der Waals surface area contributed by atoms with E-state index in [1.807, 2.05) is 0 Å². The van der Waals surface area contributed by atoms with Gasteiger partial charge in [-0.25, -0.2) is 0 Å². The Kier molecular flexibility index (Phi) is 3.57. The van der Waals surface area contributed by atoms with Gasteiger partial charge in [-0.05, 0) is 31.6 Å². The number of carbonyl (C=O) groups is 1. The van der Waals surface area contributed by atoms with Crippen LogP contribution in [0.25, 0.3) is 0 Å². The molecule has 1 amide bonds. The summed E-state index contributed by atoms with van der Waals surface area (Å²) in [6, 6.07) is 0. The van der Waals surface area contributed by atoms with E-state index in [1.165, 1.54) is 25.7 Å². The second-order valence-corrected chi connectivity index (χ2v) is 3.91. The second-order valence-electron chi connectivity index (χ2n) is 3.91. The van der Waals surface area contributed by atoms with Crippen molar-refractivity contribution >= 4 is 5.91 Å². The third kappa shape index (κ3) is 2.50. The normalized spacial score (nSPS) is 30.1. The third-order valence-electron chi connectivity index (χ3n) is 2.95. The Labute approximate surface area is 74.5 Å². The van der Waals surface area contributed by atoms with Crippen molar-refractivity contribution in [3.05, 3.63) is 0 Å². The van der Waals surface area contributed by atoms with Crippen molar-refractivity contribution in [3.63, 3.8) is 0 Å². The van der Waals surface area contributed by atoms with E-state index in [2.05, 4.69) is 6.92 Å². The third-order valence-corrected chi connectivity index (χ3v) is 2.95. The summed E-state index contributed by atoms with van der Waals surface area (Å²) in [6.07, 6.45) is 7.07. The van der Waals surface area contributed by atoms with Crippen LogP contribution in [0.4, 0.5) is 0 Å². The molecule has 0 aliphatic heterocycles. The van der Waals surface area contributed by atoms with Gasteiger partial charge in [-0.15, -0.1) is 0 Å². The van der Waals surface area contributed by atoms with Crippen molar-refractivity contribution in [2.24, 2.45) is 17.6 Å². The van der Waals surface area contributed by atoms with E-state index in [-0.39, 0.29) is 11.8 Å². The molecule has 0 heterocycles. The van der Waals surface area contributed by atoms with Gasteiger partial charge in [-0.3, -0.25) is 4.79 Å². The fourth-order valence-electron chi connectivity index (χ4n) is 2.14. The predicted octanol–water partition coefficient (Wildman–Crippen LogP) is 2.08. The topological polar surface area (TPSA) is 43.1 Å². The lowest BCUT2D eigenvalue weighted by atomic mass is 9.80. The minimum atomic E-state index is -0.0926. The van der Waals surface area contributed by atoms with E-state index < -0.39 is 0 Å². The largest absolute Gasteiger partial charge is 0.369 e. The Bertz CT molecular complexity index is 148. The molecule has 1 fully saturated rings. The average Bonchev–Trinajstić information content (AvgIpc) is 2.06. The average molecular weight is 169 g/mol. The molecule has 0 bridgehead atoms. The van der Waals surface area contributed by atoms with E-state index in [4.69, 9.17) is 5.73 Å². The number of amides is 1. The van der Waals surface area contributed by atoms with Crippen LogP contribution in [0.1, 0.15) is 45.4 Å². The number of hydrogen-bond acceptors (Lipinski definition) is 1. The van der Waals surface area contributed by atoms with Crippen LogP contribution in [0.2, 0.25) is 0 Å². The molecule has 1 aliphatic carbocycles. The van der Waals surface area contributed by atoms with Crippen LogP contribution >= 0.6 is 0 Å². The lowest BCUT2D eigenvalue weighted by Gasteiger charge is -2.26. The highest BCUT2D eigenvalue weighted by Gasteiger charge is 2.23. The molecule has 2 N–H and O–H groups in total. The lowest BCUT2D eigenvalue weighted by molar-refractivity contribution is -0.122. The van der Waals surface area contributed by atoms with Gasteiger partial charge in [-0.1, -0.05) is 19.8 Å². The summed E-state index contributed by atoms with van der Waals surface area (Å²) in [5.74, 6) is 0.952. The molecule has 1 saturated carbocycles. The number of rotatable bonds is 3. The Morgan fingerprint density at radius 2 is 1.92 bits per heavy atom. The molecule has 0 atom stereocenters. The first kappa shape index (κ1) is 9.56. The van der Waals surface area contributed by atoms with Crippen molar-refractivity contribution in [1.29, 1.82) is 0 Å². The first-order valence-corrected chi connectivity index (χ1v) is 5.03. The zero-order chi connectivity index (χ0) is 8.97. The molecule has 12 heavy (non-hydrogen) atoms. The molecular weight excluding hydrogens is 150 g/mol. The van der Waals surface area contributed by atoms with Crippen LogP contribution < -0.4 is 5.73 Å². The summed E-state index contributed by atoms with van der Waals surface area (Å²) in [5, 5.41) is 0. The lowest BCUT2D eigenvalue weighted by Crippen LogP contribution is -2.27. The summed E-state index contributed by atoms with van der Waals surface area (Å²) < 4.78 is 0. The van der Waals surface area contributed by atoms with Gasteiger partial charge in [0, 0.05) is 5.92 Å². The number of primary amides is 1. The van der Waals surface area contributed by atoms with Crippen molar-refractivity contribution < 1.29 is 4.79 Å². The molecule has 1 rings (SSSR count). The van der Waals surface area contributed by atoms with Gasteiger partial charge in [0.25, 0.3) is 0 Å².